The van der Waals surface area contributed by atoms with Crippen LogP contribution in [-0.4, -0.2) is 49.1 Å². The van der Waals surface area contributed by atoms with Gasteiger partial charge in [0.2, 0.25) is 5.91 Å². The van der Waals surface area contributed by atoms with Gasteiger partial charge in [-0.1, -0.05) is 6.92 Å². The molecule has 2 atom stereocenters. The molecule has 0 spiro atoms. The molecule has 170 valence electrons. The zero-order chi connectivity index (χ0) is 23.3. The number of fused-ring (bicyclic) bond motifs is 2. The molecule has 1 amide bonds. The van der Waals surface area contributed by atoms with Gasteiger partial charge in [-0.15, -0.1) is 28.5 Å². The maximum Gasteiger partial charge on any atom is 0.573 e. The van der Waals surface area contributed by atoms with Crippen LogP contribution in [0.25, 0.3) is 27.9 Å². The molecular formula is C20H17F3N8O2. The van der Waals surface area contributed by atoms with Crippen LogP contribution in [-0.2, 0) is 4.79 Å². The predicted molar refractivity (Wildman–Crippen MR) is 111 cm³/mol. The van der Waals surface area contributed by atoms with Gasteiger partial charge in [0.25, 0.3) is 0 Å². The first kappa shape index (κ1) is 20.8. The van der Waals surface area contributed by atoms with Gasteiger partial charge in [0.1, 0.15) is 11.3 Å². The highest BCUT2D eigenvalue weighted by atomic mass is 19.4. The molecule has 0 bridgehead atoms. The number of carbonyl (C=O) groups is 1. The van der Waals surface area contributed by atoms with E-state index in [1.54, 1.807) is 13.1 Å². The minimum Gasteiger partial charge on any atom is -0.404 e. The van der Waals surface area contributed by atoms with Crippen molar-refractivity contribution in [3.05, 3.63) is 30.6 Å². The predicted octanol–water partition coefficient (Wildman–Crippen LogP) is 3.27. The van der Waals surface area contributed by atoms with Crippen molar-refractivity contribution in [3.8, 4) is 17.1 Å². The summed E-state index contributed by atoms with van der Waals surface area (Å²) in [4.78, 5) is 21.0. The van der Waals surface area contributed by atoms with E-state index in [2.05, 4.69) is 40.6 Å². The number of anilines is 2. The highest BCUT2D eigenvalue weighted by molar-refractivity contribution is 6.01. The van der Waals surface area contributed by atoms with E-state index in [-0.39, 0.29) is 23.5 Å². The Morgan fingerprint density at radius 1 is 1.27 bits per heavy atom. The van der Waals surface area contributed by atoms with Gasteiger partial charge in [0.15, 0.2) is 23.1 Å². The molecule has 0 saturated heterocycles. The molecule has 0 aromatic carbocycles. The van der Waals surface area contributed by atoms with E-state index < -0.39 is 12.1 Å². The van der Waals surface area contributed by atoms with Gasteiger partial charge in [-0.25, -0.2) is 14.5 Å². The zero-order valence-corrected chi connectivity index (χ0v) is 17.4. The summed E-state index contributed by atoms with van der Waals surface area (Å²) < 4.78 is 42.7. The molecule has 13 heteroatoms. The molecule has 4 heterocycles. The van der Waals surface area contributed by atoms with Gasteiger partial charge in [-0.2, -0.15) is 0 Å². The van der Waals surface area contributed by atoms with Crippen LogP contribution in [0.4, 0.5) is 24.8 Å². The molecule has 4 aromatic rings. The normalized spacial score (nSPS) is 17.8. The molecular weight excluding hydrogens is 441 g/mol. The summed E-state index contributed by atoms with van der Waals surface area (Å²) in [5.41, 5.74) is 1.20. The van der Waals surface area contributed by atoms with Crippen molar-refractivity contribution in [3.63, 3.8) is 0 Å². The van der Waals surface area contributed by atoms with Crippen molar-refractivity contribution in [1.29, 1.82) is 0 Å². The van der Waals surface area contributed by atoms with Gasteiger partial charge in [0, 0.05) is 30.1 Å². The molecule has 1 aliphatic carbocycles. The van der Waals surface area contributed by atoms with Crippen LogP contribution in [0.3, 0.4) is 0 Å². The van der Waals surface area contributed by atoms with Crippen LogP contribution in [0.2, 0.25) is 0 Å². The molecule has 0 aliphatic heterocycles. The smallest absolute Gasteiger partial charge is 0.404 e. The fraction of sp³-hybridized carbons (Fsp3) is 0.300. The third-order valence-corrected chi connectivity index (χ3v) is 5.34. The Morgan fingerprint density at radius 2 is 2.06 bits per heavy atom. The molecule has 0 radical (unpaired) electrons. The van der Waals surface area contributed by atoms with E-state index in [1.807, 2.05) is 6.92 Å². The zero-order valence-electron chi connectivity index (χ0n) is 17.4. The van der Waals surface area contributed by atoms with Crippen LogP contribution in [0.5, 0.6) is 5.75 Å². The van der Waals surface area contributed by atoms with Gasteiger partial charge in [0.05, 0.1) is 6.20 Å². The summed E-state index contributed by atoms with van der Waals surface area (Å²) in [5, 5.41) is 18.8. The highest BCUT2D eigenvalue weighted by Gasteiger charge is 2.39. The molecule has 1 aliphatic rings. The third kappa shape index (κ3) is 4.08. The lowest BCUT2D eigenvalue weighted by atomic mass is 10.1. The fourth-order valence-corrected chi connectivity index (χ4v) is 3.53. The van der Waals surface area contributed by atoms with Crippen molar-refractivity contribution in [1.82, 2.24) is 29.8 Å². The number of aromatic nitrogens is 6. The fourth-order valence-electron chi connectivity index (χ4n) is 3.53. The van der Waals surface area contributed by atoms with Gasteiger partial charge >= 0.3 is 6.36 Å². The van der Waals surface area contributed by atoms with Crippen molar-refractivity contribution >= 4 is 34.1 Å². The molecule has 2 N–H and O–H groups in total. The van der Waals surface area contributed by atoms with Crippen LogP contribution in [0.1, 0.15) is 13.3 Å². The summed E-state index contributed by atoms with van der Waals surface area (Å²) in [6, 6.07) is 4.16. The van der Waals surface area contributed by atoms with Crippen LogP contribution in [0, 0.1) is 11.8 Å². The molecule has 10 nitrogen and oxygen atoms in total. The summed E-state index contributed by atoms with van der Waals surface area (Å²) in [7, 11) is 1.68. The monoisotopic (exact) mass is 458 g/mol. The van der Waals surface area contributed by atoms with Crippen molar-refractivity contribution in [2.24, 2.45) is 11.8 Å². The molecule has 0 unspecified atom stereocenters. The Balaban J connectivity index is 1.56. The standard InChI is InChI=1S/C20H17F3N8O2/c1-9-5-11(9)19(32)26-14-6-12-13(7-25-18(24-2)16(12)29-28-14)17-27-15-4-3-10(8-31(15)30-17)33-20(21,22)23/h3-4,6-9,11H,5H2,1-2H3,(H,24,25)(H,26,28,32)/t9-,11+/m1/s1. The van der Waals surface area contributed by atoms with Crippen molar-refractivity contribution in [2.45, 2.75) is 19.7 Å². The minimum atomic E-state index is -4.82. The average molecular weight is 458 g/mol. The molecule has 1 fully saturated rings. The highest BCUT2D eigenvalue weighted by Crippen LogP contribution is 2.38. The van der Waals surface area contributed by atoms with Crippen LogP contribution in [0.15, 0.2) is 30.6 Å². The van der Waals surface area contributed by atoms with E-state index >= 15 is 0 Å². The second-order valence-corrected chi connectivity index (χ2v) is 7.72. The largest absolute Gasteiger partial charge is 0.573 e. The SMILES string of the molecule is CNc1ncc(-c2nc3ccc(OC(F)(F)F)cn3n2)c2cc(NC(=O)[C@H]3C[C@H]3C)nnc12. The lowest BCUT2D eigenvalue weighted by molar-refractivity contribution is -0.274. The molecule has 5 rings (SSSR count). The van der Waals surface area contributed by atoms with Crippen molar-refractivity contribution < 1.29 is 22.7 Å². The van der Waals surface area contributed by atoms with E-state index in [9.17, 15) is 18.0 Å². The number of alkyl halides is 3. The Morgan fingerprint density at radius 3 is 2.76 bits per heavy atom. The molecule has 4 aromatic heterocycles. The number of carbonyl (C=O) groups excluding carboxylic acids is 1. The number of rotatable bonds is 5. The molecule has 1 saturated carbocycles. The lowest BCUT2D eigenvalue weighted by Crippen LogP contribution is -2.17. The van der Waals surface area contributed by atoms with E-state index in [4.69, 9.17) is 0 Å². The van der Waals surface area contributed by atoms with Gasteiger partial charge in [-0.3, -0.25) is 4.79 Å². The Labute approximate surface area is 184 Å². The number of hydrogen-bond donors (Lipinski definition) is 2. The van der Waals surface area contributed by atoms with Crippen LogP contribution >= 0.6 is 0 Å². The second-order valence-electron chi connectivity index (χ2n) is 7.72. The van der Waals surface area contributed by atoms with Gasteiger partial charge in [-0.05, 0) is 30.5 Å². The summed E-state index contributed by atoms with van der Waals surface area (Å²) in [6.07, 6.45) is -1.39. The second kappa shape index (κ2) is 7.53. The third-order valence-electron chi connectivity index (χ3n) is 5.34. The first-order valence-electron chi connectivity index (χ1n) is 9.99. The maximum absolute atomic E-state index is 12.5. The Bertz CT molecular complexity index is 1390. The number of nitrogens with one attached hydrogen (secondary N) is 2. The van der Waals surface area contributed by atoms with Gasteiger partial charge < -0.3 is 15.4 Å². The Kier molecular flexibility index (Phi) is 4.76. The summed E-state index contributed by atoms with van der Waals surface area (Å²) >= 11 is 0. The van der Waals surface area contributed by atoms with E-state index in [0.717, 1.165) is 18.7 Å². The van der Waals surface area contributed by atoms with Crippen LogP contribution < -0.4 is 15.4 Å². The number of ether oxygens (including phenoxy) is 1. The van der Waals surface area contributed by atoms with E-state index in [1.165, 1.54) is 16.8 Å². The summed E-state index contributed by atoms with van der Waals surface area (Å²) in [5.74, 6) is 0.683. The quantitative estimate of drug-likeness (QED) is 0.468. The lowest BCUT2D eigenvalue weighted by Gasteiger charge is -2.09. The average Bonchev–Trinajstić information content (AvgIpc) is 3.35. The number of amides is 1. The van der Waals surface area contributed by atoms with E-state index in [0.29, 0.717) is 33.8 Å². The van der Waals surface area contributed by atoms with Crippen molar-refractivity contribution in [2.75, 3.05) is 17.7 Å². The number of halogens is 3. The maximum atomic E-state index is 12.5. The number of pyridine rings is 2. The first-order chi connectivity index (χ1) is 15.7. The summed E-state index contributed by atoms with van der Waals surface area (Å²) in [6.45, 7) is 2.00. The number of nitrogens with zero attached hydrogens (tertiary/aromatic N) is 6. The number of hydrogen-bond acceptors (Lipinski definition) is 8. The molecule has 33 heavy (non-hydrogen) atoms. The minimum absolute atomic E-state index is 0.0412. The topological polar surface area (TPSA) is 119 Å². The first-order valence-corrected chi connectivity index (χ1v) is 9.99. The Hall–Kier alpha value is -4.03.